The average molecular weight is 624 g/mol. The molecule has 0 amide bonds. The summed E-state index contributed by atoms with van der Waals surface area (Å²) >= 11 is 0. The van der Waals surface area contributed by atoms with Crippen molar-refractivity contribution in [1.29, 1.82) is 0 Å². The maximum absolute atomic E-state index is 11.6. The molecule has 2 rings (SSSR count). The van der Waals surface area contributed by atoms with E-state index in [-0.39, 0.29) is 0 Å². The van der Waals surface area contributed by atoms with Gasteiger partial charge < -0.3 is 39.0 Å². The van der Waals surface area contributed by atoms with Crippen LogP contribution in [0.1, 0.15) is 0 Å². The second kappa shape index (κ2) is 12.5. The minimum atomic E-state index is -5.40. The highest BCUT2D eigenvalue weighted by Crippen LogP contribution is 2.32. The molecule has 0 radical (unpaired) electrons. The molecule has 38 heavy (non-hydrogen) atoms. The van der Waals surface area contributed by atoms with Gasteiger partial charge in [-0.15, -0.1) is 0 Å². The maximum Gasteiger partial charge on any atom is 0.397 e. The number of methoxy groups -OCH3 is 2. The van der Waals surface area contributed by atoms with Gasteiger partial charge in [-0.1, -0.05) is 0 Å². The number of carboxylic acids is 1. The van der Waals surface area contributed by atoms with Crippen LogP contribution < -0.4 is 4.72 Å². The number of aliphatic hydroxyl groups is 2. The highest BCUT2D eigenvalue weighted by atomic mass is 32.3. The molecule has 2 saturated heterocycles. The van der Waals surface area contributed by atoms with Gasteiger partial charge in [0.25, 0.3) is 0 Å². The summed E-state index contributed by atoms with van der Waals surface area (Å²) in [6.07, 6.45) is -18.7. The summed E-state index contributed by atoms with van der Waals surface area (Å²) in [5.41, 5.74) is 0. The van der Waals surface area contributed by atoms with Crippen molar-refractivity contribution < 1.29 is 91.1 Å². The monoisotopic (exact) mass is 623 g/mol. The van der Waals surface area contributed by atoms with Crippen molar-refractivity contribution in [3.05, 3.63) is 0 Å². The Labute approximate surface area is 215 Å². The van der Waals surface area contributed by atoms with Crippen molar-refractivity contribution in [2.24, 2.45) is 0 Å². The van der Waals surface area contributed by atoms with Crippen LogP contribution in [0.4, 0.5) is 0 Å². The first-order valence-electron chi connectivity index (χ1n) is 9.91. The lowest BCUT2D eigenvalue weighted by Gasteiger charge is -2.47. The third-order valence-electron chi connectivity index (χ3n) is 5.13. The van der Waals surface area contributed by atoms with Gasteiger partial charge in [0, 0.05) is 14.2 Å². The van der Waals surface area contributed by atoms with Gasteiger partial charge in [-0.25, -0.2) is 13.2 Å². The van der Waals surface area contributed by atoms with Crippen LogP contribution in [0.2, 0.25) is 0 Å². The number of ether oxygens (including phenoxy) is 5. The molecule has 2 aliphatic rings. The second-order valence-electron chi connectivity index (χ2n) is 7.64. The molecule has 0 spiro atoms. The first-order valence-corrected chi connectivity index (χ1v) is 14.1. The number of carboxylic acid groups (broad SMARTS) is 1. The zero-order valence-electron chi connectivity index (χ0n) is 19.1. The average Bonchev–Trinajstić information content (AvgIpc) is 2.75. The Hall–Kier alpha value is -1.20. The van der Waals surface area contributed by atoms with Crippen molar-refractivity contribution in [3.63, 3.8) is 0 Å². The minimum absolute atomic E-state index is 0.913. The molecule has 21 nitrogen and oxygen atoms in total. The second-order valence-corrected chi connectivity index (χ2v) is 11.0. The van der Waals surface area contributed by atoms with Gasteiger partial charge in [0.15, 0.2) is 24.8 Å². The number of aliphatic carboxylic acids is 1. The van der Waals surface area contributed by atoms with E-state index in [1.807, 2.05) is 0 Å². The number of nitrogens with one attached hydrogen (secondary N) is 1. The van der Waals surface area contributed by atoms with Gasteiger partial charge in [0.05, 0.1) is 6.61 Å². The molecule has 0 aliphatic carbocycles. The largest absolute Gasteiger partial charge is 0.479 e. The molecule has 0 bridgehead atoms. The number of aliphatic hydroxyl groups excluding tert-OH is 2. The van der Waals surface area contributed by atoms with Crippen molar-refractivity contribution in [2.75, 3.05) is 20.8 Å². The fourth-order valence-electron chi connectivity index (χ4n) is 3.67. The quantitative estimate of drug-likeness (QED) is 0.100. The molecule has 0 aromatic carbocycles. The molecule has 0 aromatic heterocycles. The van der Waals surface area contributed by atoms with E-state index in [1.54, 1.807) is 0 Å². The Morgan fingerprint density at radius 1 is 0.842 bits per heavy atom. The van der Waals surface area contributed by atoms with Crippen molar-refractivity contribution in [3.8, 4) is 0 Å². The number of hydrogen-bond acceptors (Lipinski definition) is 16. The van der Waals surface area contributed by atoms with Gasteiger partial charge >= 0.3 is 37.1 Å². The van der Waals surface area contributed by atoms with Gasteiger partial charge in [-0.3, -0.25) is 13.7 Å². The SMILES string of the molecule is CO[C@H]1OC(COS(=O)(=O)O)[C@H](O[C@@H]2OC(C(=O)O)[C@@H](OC)C(O)C2OS(=O)(=O)O)C(O)C1NS(=O)(=O)O. The normalized spacial score (nSPS) is 37.1. The van der Waals surface area contributed by atoms with Crippen LogP contribution in [0.3, 0.4) is 0 Å². The van der Waals surface area contributed by atoms with Crippen molar-refractivity contribution in [2.45, 2.75) is 61.3 Å². The predicted molar refractivity (Wildman–Crippen MR) is 112 cm³/mol. The standard InChI is InChI=1S/C14H25NO20S3/c1-29-9-7(17)10(35-38(26,27)28)14(34-11(9)12(18)19)33-8-4(3-31-37(23,24)25)32-13(30-2)5(6(8)16)15-36(20,21)22/h4-11,13-17H,3H2,1-2H3,(H,18,19)(H,20,21,22)(H,23,24,25)(H,26,27,28)/t4?,5?,6?,7?,8-,9-,10?,11?,13-,14+/m0/s1. The lowest BCUT2D eigenvalue weighted by atomic mass is 9.96. The van der Waals surface area contributed by atoms with Crippen molar-refractivity contribution >= 4 is 37.1 Å². The fraction of sp³-hybridized carbons (Fsp3) is 0.929. The summed E-state index contributed by atoms with van der Waals surface area (Å²) in [5.74, 6) is -1.77. The molecule has 2 fully saturated rings. The Balaban J connectivity index is 2.52. The minimum Gasteiger partial charge on any atom is -0.479 e. The molecule has 24 heteroatoms. The van der Waals surface area contributed by atoms with Gasteiger partial charge in [-0.05, 0) is 0 Å². The van der Waals surface area contributed by atoms with E-state index in [9.17, 15) is 45.4 Å². The van der Waals surface area contributed by atoms with Crippen LogP contribution in [-0.2, 0) is 67.9 Å². The molecule has 6 unspecified atom stereocenters. The first kappa shape index (κ1) is 33.0. The van der Waals surface area contributed by atoms with Crippen LogP contribution in [0.15, 0.2) is 0 Å². The van der Waals surface area contributed by atoms with Gasteiger partial charge in [-0.2, -0.15) is 30.0 Å². The number of carbonyl (C=O) groups is 1. The van der Waals surface area contributed by atoms with Crippen LogP contribution in [0.5, 0.6) is 0 Å². The van der Waals surface area contributed by atoms with Crippen LogP contribution in [0.25, 0.3) is 0 Å². The van der Waals surface area contributed by atoms with Gasteiger partial charge in [0.1, 0.15) is 36.6 Å². The van der Waals surface area contributed by atoms with E-state index in [0.29, 0.717) is 0 Å². The Kier molecular flexibility index (Phi) is 10.9. The molecular weight excluding hydrogens is 598 g/mol. The molecule has 2 aliphatic heterocycles. The predicted octanol–water partition coefficient (Wildman–Crippen LogP) is -4.94. The lowest BCUT2D eigenvalue weighted by Crippen LogP contribution is -2.68. The molecule has 7 N–H and O–H groups in total. The molecule has 0 aromatic rings. The summed E-state index contributed by atoms with van der Waals surface area (Å²) in [4.78, 5) is 11.6. The summed E-state index contributed by atoms with van der Waals surface area (Å²) in [5, 5.41) is 30.8. The Morgan fingerprint density at radius 2 is 1.45 bits per heavy atom. The van der Waals surface area contributed by atoms with E-state index in [2.05, 4.69) is 8.37 Å². The number of rotatable bonds is 12. The lowest BCUT2D eigenvalue weighted by molar-refractivity contribution is -0.339. The van der Waals surface area contributed by atoms with Gasteiger partial charge in [0.2, 0.25) is 0 Å². The highest BCUT2D eigenvalue weighted by molar-refractivity contribution is 7.83. The van der Waals surface area contributed by atoms with E-state index in [1.165, 1.54) is 4.72 Å². The smallest absolute Gasteiger partial charge is 0.397 e. The number of hydrogen-bond donors (Lipinski definition) is 7. The van der Waals surface area contributed by atoms with E-state index in [0.717, 1.165) is 14.2 Å². The molecule has 0 saturated carbocycles. The van der Waals surface area contributed by atoms with E-state index < -0.39 is 105 Å². The molecule has 10 atom stereocenters. The summed E-state index contributed by atoms with van der Waals surface area (Å²) in [6.45, 7) is -1.18. The van der Waals surface area contributed by atoms with E-state index >= 15 is 0 Å². The topological polar surface area (TPSA) is 318 Å². The summed E-state index contributed by atoms with van der Waals surface area (Å²) in [7, 11) is -13.8. The summed E-state index contributed by atoms with van der Waals surface area (Å²) < 4.78 is 130. The Morgan fingerprint density at radius 3 is 1.89 bits per heavy atom. The maximum atomic E-state index is 11.6. The van der Waals surface area contributed by atoms with E-state index in [4.69, 9.17) is 37.3 Å². The molecule has 224 valence electrons. The zero-order chi connectivity index (χ0) is 29.2. The van der Waals surface area contributed by atoms with Crippen molar-refractivity contribution in [1.82, 2.24) is 4.72 Å². The molecule has 2 heterocycles. The molecular formula is C14H25NO20S3. The third-order valence-corrected chi connectivity index (χ3v) is 6.60. The Bertz CT molecular complexity index is 1140. The fourth-order valence-corrected chi connectivity index (χ4v) is 5.06. The first-order chi connectivity index (χ1) is 17.3. The third kappa shape index (κ3) is 8.91. The zero-order valence-corrected chi connectivity index (χ0v) is 21.6. The van der Waals surface area contributed by atoms with Crippen LogP contribution in [-0.4, -0.2) is 142 Å². The highest BCUT2D eigenvalue weighted by Gasteiger charge is 2.55. The summed E-state index contributed by atoms with van der Waals surface area (Å²) in [6, 6.07) is -1.93. The van der Waals surface area contributed by atoms with Crippen LogP contribution >= 0.6 is 0 Å². The van der Waals surface area contributed by atoms with Crippen LogP contribution in [0, 0.1) is 0 Å².